The SMILES string of the molecule is CC(C)(C)c1ccc(CN2CCN(S(=O)(=O)c3cc(Cl)cc(Cl)c3O)CC2)cc1. The van der Waals surface area contributed by atoms with Crippen molar-refractivity contribution in [2.24, 2.45) is 0 Å². The van der Waals surface area contributed by atoms with Crippen LogP contribution in [0.1, 0.15) is 31.9 Å². The third-order valence-corrected chi connectivity index (χ3v) is 7.59. The largest absolute Gasteiger partial charge is 0.505 e. The predicted molar refractivity (Wildman–Crippen MR) is 117 cm³/mol. The lowest BCUT2D eigenvalue weighted by molar-refractivity contribution is 0.181. The summed E-state index contributed by atoms with van der Waals surface area (Å²) in [5, 5.41) is 10.2. The molecule has 1 aliphatic heterocycles. The zero-order valence-electron chi connectivity index (χ0n) is 16.8. The smallest absolute Gasteiger partial charge is 0.246 e. The summed E-state index contributed by atoms with van der Waals surface area (Å²) in [6, 6.07) is 11.1. The van der Waals surface area contributed by atoms with Gasteiger partial charge in [-0.25, -0.2) is 8.42 Å². The maximum absolute atomic E-state index is 12.9. The molecule has 0 unspecified atom stereocenters. The van der Waals surface area contributed by atoms with Crippen molar-refractivity contribution in [2.45, 2.75) is 37.6 Å². The van der Waals surface area contributed by atoms with Crippen molar-refractivity contribution in [3.63, 3.8) is 0 Å². The van der Waals surface area contributed by atoms with Crippen LogP contribution in [0.3, 0.4) is 0 Å². The third kappa shape index (κ3) is 5.06. The number of sulfonamides is 1. The third-order valence-electron chi connectivity index (χ3n) is 5.17. The molecular formula is C21H26Cl2N2O3S. The second kappa shape index (κ2) is 8.44. The summed E-state index contributed by atoms with van der Waals surface area (Å²) in [6.45, 7) is 9.22. The van der Waals surface area contributed by atoms with E-state index in [1.165, 1.54) is 27.6 Å². The molecule has 5 nitrogen and oxygen atoms in total. The van der Waals surface area contributed by atoms with Crippen molar-refractivity contribution >= 4 is 33.2 Å². The molecule has 0 amide bonds. The number of aromatic hydroxyl groups is 1. The Balaban J connectivity index is 1.66. The topological polar surface area (TPSA) is 60.9 Å². The average molecular weight is 457 g/mol. The fourth-order valence-electron chi connectivity index (χ4n) is 3.37. The fourth-order valence-corrected chi connectivity index (χ4v) is 5.54. The molecule has 1 heterocycles. The number of rotatable bonds is 4. The molecule has 2 aromatic rings. The molecule has 1 saturated heterocycles. The first-order valence-electron chi connectivity index (χ1n) is 9.48. The summed E-state index contributed by atoms with van der Waals surface area (Å²) in [7, 11) is -3.87. The van der Waals surface area contributed by atoms with Gasteiger partial charge in [0.1, 0.15) is 4.90 Å². The lowest BCUT2D eigenvalue weighted by Crippen LogP contribution is -2.48. The molecule has 3 rings (SSSR count). The monoisotopic (exact) mass is 456 g/mol. The molecule has 0 spiro atoms. The highest BCUT2D eigenvalue weighted by atomic mass is 35.5. The molecule has 0 aliphatic carbocycles. The van der Waals surface area contributed by atoms with Crippen molar-refractivity contribution in [3.8, 4) is 5.75 Å². The van der Waals surface area contributed by atoms with Gasteiger partial charge in [0, 0.05) is 37.7 Å². The zero-order chi connectivity index (χ0) is 21.4. The zero-order valence-corrected chi connectivity index (χ0v) is 19.2. The van der Waals surface area contributed by atoms with E-state index in [9.17, 15) is 13.5 Å². The predicted octanol–water partition coefficient (Wildman–Crippen LogP) is 4.50. The number of phenolic OH excluding ortho intramolecular Hbond substituents is 1. The van der Waals surface area contributed by atoms with Gasteiger partial charge in [0.15, 0.2) is 5.75 Å². The summed E-state index contributed by atoms with van der Waals surface area (Å²) in [5.74, 6) is -0.461. The Labute approximate surface area is 182 Å². The number of halogens is 2. The molecule has 1 N–H and O–H groups in total. The highest BCUT2D eigenvalue weighted by Crippen LogP contribution is 2.36. The van der Waals surface area contributed by atoms with Crippen LogP contribution in [0.15, 0.2) is 41.3 Å². The van der Waals surface area contributed by atoms with E-state index in [1.807, 2.05) is 0 Å². The summed E-state index contributed by atoms with van der Waals surface area (Å²) in [6.07, 6.45) is 0. The van der Waals surface area contributed by atoms with E-state index < -0.39 is 15.8 Å². The molecule has 0 atom stereocenters. The van der Waals surface area contributed by atoms with Crippen molar-refractivity contribution < 1.29 is 13.5 Å². The Morgan fingerprint density at radius 1 is 1.00 bits per heavy atom. The van der Waals surface area contributed by atoms with E-state index in [4.69, 9.17) is 23.2 Å². The van der Waals surface area contributed by atoms with Crippen LogP contribution < -0.4 is 0 Å². The molecule has 2 aromatic carbocycles. The van der Waals surface area contributed by atoms with E-state index in [2.05, 4.69) is 49.9 Å². The Bertz CT molecular complexity index is 978. The molecule has 0 bridgehead atoms. The quantitative estimate of drug-likeness (QED) is 0.735. The first kappa shape index (κ1) is 22.4. The van der Waals surface area contributed by atoms with Gasteiger partial charge in [-0.05, 0) is 28.7 Å². The van der Waals surface area contributed by atoms with Gasteiger partial charge in [0.2, 0.25) is 10.0 Å². The summed E-state index contributed by atoms with van der Waals surface area (Å²) < 4.78 is 27.2. The highest BCUT2D eigenvalue weighted by Gasteiger charge is 2.31. The van der Waals surface area contributed by atoms with E-state index >= 15 is 0 Å². The minimum absolute atomic E-state index is 0.0755. The molecule has 0 radical (unpaired) electrons. The number of piperazine rings is 1. The van der Waals surface area contributed by atoms with Crippen molar-refractivity contribution in [1.29, 1.82) is 0 Å². The summed E-state index contributed by atoms with van der Waals surface area (Å²) in [4.78, 5) is 1.98. The Morgan fingerprint density at radius 2 is 1.59 bits per heavy atom. The van der Waals surface area contributed by atoms with Crippen molar-refractivity contribution in [1.82, 2.24) is 9.21 Å². The molecule has 1 aliphatic rings. The molecule has 8 heteroatoms. The van der Waals surface area contributed by atoms with Gasteiger partial charge in [-0.2, -0.15) is 4.31 Å². The lowest BCUT2D eigenvalue weighted by atomic mass is 9.87. The summed E-state index contributed by atoms with van der Waals surface area (Å²) >= 11 is 11.8. The van der Waals surface area contributed by atoms with Crippen LogP contribution in [0.25, 0.3) is 0 Å². The average Bonchev–Trinajstić information content (AvgIpc) is 2.65. The van der Waals surface area contributed by atoms with Gasteiger partial charge in [-0.15, -0.1) is 0 Å². The molecule has 29 heavy (non-hydrogen) atoms. The highest BCUT2D eigenvalue weighted by molar-refractivity contribution is 7.89. The van der Waals surface area contributed by atoms with E-state index in [0.29, 0.717) is 26.2 Å². The molecule has 1 fully saturated rings. The minimum Gasteiger partial charge on any atom is -0.505 e. The van der Waals surface area contributed by atoms with Crippen molar-refractivity contribution in [3.05, 3.63) is 57.6 Å². The standard InChI is InChI=1S/C21H26Cl2N2O3S/c1-21(2,3)16-6-4-15(5-7-16)14-24-8-10-25(11-9-24)29(27,28)19-13-17(22)12-18(23)20(19)26/h4-7,12-13,26H,8-11,14H2,1-3H3. The second-order valence-electron chi connectivity index (χ2n) is 8.36. The molecule has 0 aromatic heterocycles. The van der Waals surface area contributed by atoms with Gasteiger partial charge < -0.3 is 5.11 Å². The Hall–Kier alpha value is -1.31. The van der Waals surface area contributed by atoms with Crippen LogP contribution in [-0.4, -0.2) is 48.9 Å². The first-order chi connectivity index (χ1) is 13.5. The minimum atomic E-state index is -3.87. The molecular weight excluding hydrogens is 431 g/mol. The van der Waals surface area contributed by atoms with E-state index in [0.717, 1.165) is 6.54 Å². The first-order valence-corrected chi connectivity index (χ1v) is 11.7. The Kier molecular flexibility index (Phi) is 6.51. The number of hydrogen-bond acceptors (Lipinski definition) is 4. The number of benzene rings is 2. The Morgan fingerprint density at radius 3 is 2.14 bits per heavy atom. The molecule has 158 valence electrons. The van der Waals surface area contributed by atoms with E-state index in [1.54, 1.807) is 0 Å². The van der Waals surface area contributed by atoms with Gasteiger partial charge >= 0.3 is 0 Å². The van der Waals surface area contributed by atoms with Crippen LogP contribution in [0.5, 0.6) is 5.75 Å². The molecule has 0 saturated carbocycles. The van der Waals surface area contributed by atoms with Crippen LogP contribution in [0.4, 0.5) is 0 Å². The van der Waals surface area contributed by atoms with Gasteiger partial charge in [-0.1, -0.05) is 68.2 Å². The normalized spacial score (nSPS) is 16.9. The van der Waals surface area contributed by atoms with Gasteiger partial charge in [-0.3, -0.25) is 4.90 Å². The second-order valence-corrected chi connectivity index (χ2v) is 11.1. The van der Waals surface area contributed by atoms with Crippen LogP contribution in [0, 0.1) is 0 Å². The fraction of sp³-hybridized carbons (Fsp3) is 0.429. The summed E-state index contributed by atoms with van der Waals surface area (Å²) in [5.41, 5.74) is 2.61. The van der Waals surface area contributed by atoms with Crippen LogP contribution in [0.2, 0.25) is 10.0 Å². The van der Waals surface area contributed by atoms with Crippen LogP contribution >= 0.6 is 23.2 Å². The number of hydrogen-bond donors (Lipinski definition) is 1. The van der Waals surface area contributed by atoms with Gasteiger partial charge in [0.05, 0.1) is 5.02 Å². The van der Waals surface area contributed by atoms with Crippen molar-refractivity contribution in [2.75, 3.05) is 26.2 Å². The van der Waals surface area contributed by atoms with Crippen LogP contribution in [-0.2, 0) is 22.0 Å². The van der Waals surface area contributed by atoms with Gasteiger partial charge in [0.25, 0.3) is 0 Å². The number of nitrogens with zero attached hydrogens (tertiary/aromatic N) is 2. The maximum atomic E-state index is 12.9. The lowest BCUT2D eigenvalue weighted by Gasteiger charge is -2.34. The van der Waals surface area contributed by atoms with E-state index in [-0.39, 0.29) is 20.4 Å². The maximum Gasteiger partial charge on any atom is 0.246 e. The number of phenols is 1.